The monoisotopic (exact) mass is 531 g/mol. The lowest BCUT2D eigenvalue weighted by atomic mass is 9.82. The number of nitrogens with one attached hydrogen (secondary N) is 3. The summed E-state index contributed by atoms with van der Waals surface area (Å²) in [6.07, 6.45) is 7.39. The molecule has 1 aliphatic carbocycles. The van der Waals surface area contributed by atoms with Gasteiger partial charge in [-0.05, 0) is 87.3 Å². The number of rotatable bonds is 8. The third kappa shape index (κ3) is 6.33. The first-order valence-electron chi connectivity index (χ1n) is 11.9. The number of hydrazine groups is 1. The summed E-state index contributed by atoms with van der Waals surface area (Å²) in [6.45, 7) is 1.90. The van der Waals surface area contributed by atoms with Gasteiger partial charge in [-0.15, -0.1) is 0 Å². The van der Waals surface area contributed by atoms with E-state index in [0.29, 0.717) is 28.2 Å². The molecule has 2 aliphatic rings. The van der Waals surface area contributed by atoms with E-state index in [2.05, 4.69) is 22.2 Å². The van der Waals surface area contributed by atoms with E-state index >= 15 is 0 Å². The number of hydrogen-bond donors (Lipinski definition) is 3. The summed E-state index contributed by atoms with van der Waals surface area (Å²) in [5, 5.41) is 3.95. The fraction of sp³-hybridized carbons (Fsp3) is 0.385. The van der Waals surface area contributed by atoms with Crippen molar-refractivity contribution in [3.63, 3.8) is 0 Å². The Hall–Kier alpha value is -3.17. The lowest BCUT2D eigenvalue weighted by Crippen LogP contribution is -2.44. The van der Waals surface area contributed by atoms with Gasteiger partial charge in [0.1, 0.15) is 22.8 Å². The van der Waals surface area contributed by atoms with E-state index in [1.807, 2.05) is 18.2 Å². The van der Waals surface area contributed by atoms with Crippen LogP contribution in [0.4, 0.5) is 5.69 Å². The Kier molecular flexibility index (Phi) is 8.43. The Morgan fingerprint density at radius 1 is 1.17 bits per heavy atom. The van der Waals surface area contributed by atoms with E-state index < -0.39 is 5.97 Å². The van der Waals surface area contributed by atoms with Crippen molar-refractivity contribution >= 4 is 46.3 Å². The second-order valence-corrected chi connectivity index (χ2v) is 9.41. The zero-order valence-corrected chi connectivity index (χ0v) is 21.9. The number of thiocarbonyl (C=S) groups is 1. The van der Waals surface area contributed by atoms with Gasteiger partial charge < -0.3 is 24.3 Å². The third-order valence-electron chi connectivity index (χ3n) is 6.04. The minimum Gasteiger partial charge on any atom is -0.495 e. The molecular weight excluding hydrogens is 502 g/mol. The van der Waals surface area contributed by atoms with Gasteiger partial charge >= 0.3 is 5.97 Å². The van der Waals surface area contributed by atoms with Crippen molar-refractivity contribution in [2.45, 2.75) is 44.6 Å². The number of esters is 1. The number of ether oxygens (including phenoxy) is 4. The molecule has 1 aliphatic heterocycles. The van der Waals surface area contributed by atoms with Crippen LogP contribution in [0.2, 0.25) is 5.02 Å². The predicted octanol–water partition coefficient (Wildman–Crippen LogP) is 5.22. The molecule has 0 amide bonds. The van der Waals surface area contributed by atoms with Crippen LogP contribution in [0, 0.1) is 0 Å². The first-order valence-corrected chi connectivity index (χ1v) is 12.7. The molecule has 8 nitrogen and oxygen atoms in total. The molecule has 0 unspecified atom stereocenters. The molecule has 1 spiro atoms. The average molecular weight is 532 g/mol. The highest BCUT2D eigenvalue weighted by atomic mass is 35.5. The number of benzene rings is 2. The summed E-state index contributed by atoms with van der Waals surface area (Å²) in [6, 6.07) is 10.8. The van der Waals surface area contributed by atoms with Gasteiger partial charge in [0.15, 0.2) is 11.7 Å². The maximum atomic E-state index is 11.7. The van der Waals surface area contributed by atoms with Crippen LogP contribution in [0.1, 0.15) is 44.6 Å². The largest absolute Gasteiger partial charge is 0.495 e. The second kappa shape index (κ2) is 11.7. The van der Waals surface area contributed by atoms with Crippen molar-refractivity contribution in [1.82, 2.24) is 10.9 Å². The molecule has 1 heterocycles. The number of anilines is 1. The molecule has 2 aromatic carbocycles. The minimum atomic E-state index is -0.418. The Balaban J connectivity index is 1.50. The standard InChI is InChI=1S/C26H30ClN3O5S/c1-3-33-24(31)16-34-18-8-10-22-19(14-18)21(15-26(35-22)11-5-4-6-12-26)29-30-25(36)28-17-7-9-23(32-2)20(27)13-17/h7-10,13-15,29H,3-6,11-12,16H2,1-2H3,(H2,28,30,36). The van der Waals surface area contributed by atoms with Gasteiger partial charge in [0, 0.05) is 11.3 Å². The molecular formula is C26H30ClN3O5S. The number of hydrogen-bond acceptors (Lipinski definition) is 7. The molecule has 1 fully saturated rings. The maximum absolute atomic E-state index is 11.7. The van der Waals surface area contributed by atoms with Crippen LogP contribution < -0.4 is 30.4 Å². The lowest BCUT2D eigenvalue weighted by molar-refractivity contribution is -0.145. The molecule has 0 radical (unpaired) electrons. The molecule has 4 rings (SSSR count). The summed E-state index contributed by atoms with van der Waals surface area (Å²) in [5.74, 6) is 1.44. The highest BCUT2D eigenvalue weighted by Crippen LogP contribution is 2.43. The fourth-order valence-corrected chi connectivity index (χ4v) is 4.79. The van der Waals surface area contributed by atoms with Crippen molar-refractivity contribution in [3.05, 3.63) is 53.1 Å². The quantitative estimate of drug-likeness (QED) is 0.241. The Labute approximate surface area is 221 Å². The van der Waals surface area contributed by atoms with Gasteiger partial charge in [-0.3, -0.25) is 10.9 Å². The van der Waals surface area contributed by atoms with Crippen LogP contribution in [-0.2, 0) is 9.53 Å². The zero-order chi connectivity index (χ0) is 25.5. The van der Waals surface area contributed by atoms with Crippen LogP contribution in [0.3, 0.4) is 0 Å². The molecule has 36 heavy (non-hydrogen) atoms. The molecule has 0 aromatic heterocycles. The van der Waals surface area contributed by atoms with Crippen molar-refractivity contribution in [1.29, 1.82) is 0 Å². The minimum absolute atomic E-state index is 0.166. The topological polar surface area (TPSA) is 90.1 Å². The first-order chi connectivity index (χ1) is 17.4. The van der Waals surface area contributed by atoms with Gasteiger partial charge in [0.2, 0.25) is 0 Å². The highest BCUT2D eigenvalue weighted by molar-refractivity contribution is 7.80. The van der Waals surface area contributed by atoms with Crippen molar-refractivity contribution in [3.8, 4) is 17.2 Å². The van der Waals surface area contributed by atoms with Gasteiger partial charge in [0.25, 0.3) is 0 Å². The first kappa shape index (κ1) is 25.9. The van der Waals surface area contributed by atoms with Gasteiger partial charge in [0.05, 0.1) is 24.4 Å². The lowest BCUT2D eigenvalue weighted by Gasteiger charge is -2.39. The van der Waals surface area contributed by atoms with Crippen LogP contribution in [0.15, 0.2) is 42.5 Å². The van der Waals surface area contributed by atoms with E-state index in [0.717, 1.165) is 48.4 Å². The van der Waals surface area contributed by atoms with E-state index in [9.17, 15) is 4.79 Å². The predicted molar refractivity (Wildman–Crippen MR) is 143 cm³/mol. The third-order valence-corrected chi connectivity index (χ3v) is 6.54. The van der Waals surface area contributed by atoms with Crippen LogP contribution in [-0.4, -0.2) is 37.0 Å². The normalized spacial score (nSPS) is 15.6. The smallest absolute Gasteiger partial charge is 0.344 e. The molecule has 1 saturated carbocycles. The van der Waals surface area contributed by atoms with Gasteiger partial charge in [-0.25, -0.2) is 4.79 Å². The molecule has 0 saturated heterocycles. The summed E-state index contributed by atoms with van der Waals surface area (Å²) < 4.78 is 22.3. The zero-order valence-electron chi connectivity index (χ0n) is 20.3. The molecule has 2 aromatic rings. The van der Waals surface area contributed by atoms with Gasteiger partial charge in [-0.2, -0.15) is 0 Å². The summed E-state index contributed by atoms with van der Waals surface area (Å²) in [5.41, 5.74) is 8.26. The van der Waals surface area contributed by atoms with Crippen molar-refractivity contribution in [2.75, 3.05) is 25.6 Å². The summed E-state index contributed by atoms with van der Waals surface area (Å²) in [7, 11) is 1.57. The summed E-state index contributed by atoms with van der Waals surface area (Å²) >= 11 is 11.7. The van der Waals surface area contributed by atoms with E-state index in [4.69, 9.17) is 42.8 Å². The van der Waals surface area contributed by atoms with E-state index in [1.54, 1.807) is 32.2 Å². The number of fused-ring (bicyclic) bond motifs is 1. The molecule has 3 N–H and O–H groups in total. The van der Waals surface area contributed by atoms with Crippen LogP contribution in [0.25, 0.3) is 5.70 Å². The Morgan fingerprint density at radius 2 is 1.97 bits per heavy atom. The van der Waals surface area contributed by atoms with Gasteiger partial charge in [-0.1, -0.05) is 18.0 Å². The number of carbonyl (C=O) groups excluding carboxylic acids is 1. The Bertz CT molecular complexity index is 1150. The summed E-state index contributed by atoms with van der Waals surface area (Å²) in [4.78, 5) is 11.7. The van der Waals surface area contributed by atoms with E-state index in [1.165, 1.54) is 6.42 Å². The maximum Gasteiger partial charge on any atom is 0.344 e. The van der Waals surface area contributed by atoms with Crippen molar-refractivity contribution in [2.24, 2.45) is 0 Å². The SMILES string of the molecule is CCOC(=O)COc1ccc2c(c1)C(NNC(=S)Nc1ccc(OC)c(Cl)c1)=CC1(CCCCC1)O2. The van der Waals surface area contributed by atoms with Crippen molar-refractivity contribution < 1.29 is 23.7 Å². The average Bonchev–Trinajstić information content (AvgIpc) is 2.87. The number of halogens is 1. The molecule has 192 valence electrons. The molecule has 10 heteroatoms. The van der Waals surface area contributed by atoms with Crippen LogP contribution >= 0.6 is 23.8 Å². The number of carbonyl (C=O) groups is 1. The fourth-order valence-electron chi connectivity index (χ4n) is 4.36. The van der Waals surface area contributed by atoms with E-state index in [-0.39, 0.29) is 12.2 Å². The molecule has 0 atom stereocenters. The Morgan fingerprint density at radius 3 is 2.69 bits per heavy atom. The highest BCUT2D eigenvalue weighted by Gasteiger charge is 2.37. The second-order valence-electron chi connectivity index (χ2n) is 8.59. The molecule has 0 bridgehead atoms. The number of methoxy groups -OCH3 is 1. The van der Waals surface area contributed by atoms with Crippen LogP contribution in [0.5, 0.6) is 17.2 Å².